The van der Waals surface area contributed by atoms with Crippen molar-refractivity contribution in [3.8, 4) is 0 Å². The van der Waals surface area contributed by atoms with Crippen LogP contribution in [-0.2, 0) is 4.74 Å². The lowest BCUT2D eigenvalue weighted by Gasteiger charge is -2.39. The predicted octanol–water partition coefficient (Wildman–Crippen LogP) is 3.93. The van der Waals surface area contributed by atoms with E-state index < -0.39 is 36.9 Å². The van der Waals surface area contributed by atoms with Crippen molar-refractivity contribution < 1.29 is 39.9 Å². The molecule has 104 valence electrons. The molecule has 0 fully saturated rings. The van der Waals surface area contributed by atoms with Crippen molar-refractivity contribution in [3.05, 3.63) is 0 Å². The number of halogens is 8. The maximum Gasteiger partial charge on any atom is 0.437 e. The Labute approximate surface area is 91.7 Å². The molecular formula is C8H10F8O. The summed E-state index contributed by atoms with van der Waals surface area (Å²) >= 11 is 0. The van der Waals surface area contributed by atoms with Crippen molar-refractivity contribution in [2.75, 3.05) is 6.61 Å². The molecule has 0 aromatic rings. The second-order valence-corrected chi connectivity index (χ2v) is 3.17. The molecule has 0 radical (unpaired) electrons. The summed E-state index contributed by atoms with van der Waals surface area (Å²) in [5, 5.41) is 0. The first kappa shape index (κ1) is 16.4. The second-order valence-electron chi connectivity index (χ2n) is 3.17. The summed E-state index contributed by atoms with van der Waals surface area (Å²) in [6, 6.07) is 0. The minimum Gasteiger partial charge on any atom is -0.343 e. The van der Waals surface area contributed by atoms with Crippen molar-refractivity contribution in [3.63, 3.8) is 0 Å². The summed E-state index contributed by atoms with van der Waals surface area (Å²) in [5.74, 6) is -4.50. The van der Waals surface area contributed by atoms with E-state index in [1.165, 1.54) is 0 Å². The lowest BCUT2D eigenvalue weighted by molar-refractivity contribution is -0.417. The average molecular weight is 274 g/mol. The molecule has 0 aliphatic heterocycles. The van der Waals surface area contributed by atoms with Crippen molar-refractivity contribution in [1.29, 1.82) is 0 Å². The smallest absolute Gasteiger partial charge is 0.343 e. The average Bonchev–Trinajstić information content (AvgIpc) is 2.13. The summed E-state index contributed by atoms with van der Waals surface area (Å²) in [5.41, 5.74) is -6.06. The Morgan fingerprint density at radius 3 is 1.29 bits per heavy atom. The monoisotopic (exact) mass is 274 g/mol. The maximum absolute atomic E-state index is 13.5. The predicted molar refractivity (Wildman–Crippen MR) is 41.7 cm³/mol. The first-order valence-corrected chi connectivity index (χ1v) is 4.52. The zero-order valence-electron chi connectivity index (χ0n) is 8.85. The molecule has 0 saturated heterocycles. The highest BCUT2D eigenvalue weighted by molar-refractivity contribution is 5.05. The van der Waals surface area contributed by atoms with Crippen LogP contribution in [0, 0.1) is 0 Å². The van der Waals surface area contributed by atoms with Crippen LogP contribution in [0.2, 0.25) is 0 Å². The van der Waals surface area contributed by atoms with E-state index >= 15 is 0 Å². The van der Waals surface area contributed by atoms with Gasteiger partial charge in [-0.1, -0.05) is 6.92 Å². The third-order valence-corrected chi connectivity index (χ3v) is 2.12. The Morgan fingerprint density at radius 2 is 1.12 bits per heavy atom. The topological polar surface area (TPSA) is 9.23 Å². The molecule has 0 heterocycles. The van der Waals surface area contributed by atoms with Gasteiger partial charge in [0, 0.05) is 13.0 Å². The van der Waals surface area contributed by atoms with Gasteiger partial charge in [-0.2, -0.15) is 26.3 Å². The normalized spacial score (nSPS) is 18.0. The number of ether oxygens (including phenoxy) is 1. The molecule has 0 aliphatic rings. The molecule has 0 rings (SSSR count). The van der Waals surface area contributed by atoms with Gasteiger partial charge in [0.05, 0.1) is 0 Å². The Morgan fingerprint density at radius 1 is 0.765 bits per heavy atom. The Bertz CT molecular complexity index is 243. The van der Waals surface area contributed by atoms with E-state index in [4.69, 9.17) is 0 Å². The van der Waals surface area contributed by atoms with Crippen LogP contribution >= 0.6 is 0 Å². The van der Waals surface area contributed by atoms with Crippen molar-refractivity contribution in [2.45, 2.75) is 44.1 Å². The van der Waals surface area contributed by atoms with Gasteiger partial charge >= 0.3 is 18.0 Å². The van der Waals surface area contributed by atoms with Gasteiger partial charge in [-0.05, 0) is 6.92 Å². The molecule has 1 unspecified atom stereocenters. The lowest BCUT2D eigenvalue weighted by Crippen LogP contribution is -2.66. The van der Waals surface area contributed by atoms with Crippen LogP contribution < -0.4 is 0 Å². The fourth-order valence-electron chi connectivity index (χ4n) is 1.26. The Kier molecular flexibility index (Phi) is 4.42. The Balaban J connectivity index is 5.79. The fraction of sp³-hybridized carbons (Fsp3) is 1.00. The maximum atomic E-state index is 13.5. The molecule has 9 heteroatoms. The van der Waals surface area contributed by atoms with Gasteiger partial charge in [-0.3, -0.25) is 0 Å². The molecule has 0 aromatic carbocycles. The molecule has 17 heavy (non-hydrogen) atoms. The molecule has 0 amide bonds. The number of rotatable bonds is 4. The van der Waals surface area contributed by atoms with Crippen LogP contribution in [0.4, 0.5) is 35.1 Å². The van der Waals surface area contributed by atoms with Gasteiger partial charge in [-0.25, -0.2) is 8.78 Å². The van der Waals surface area contributed by atoms with Crippen molar-refractivity contribution >= 4 is 0 Å². The van der Waals surface area contributed by atoms with E-state index in [1.807, 2.05) is 0 Å². The molecule has 0 bridgehead atoms. The summed E-state index contributed by atoms with van der Waals surface area (Å²) < 4.78 is 104. The standard InChI is InChI=1S/C8H10F8O/c1-3-5(9,17-4-2)6(10,7(11,12)13)8(14,15)16/h3-4H2,1-2H3. The van der Waals surface area contributed by atoms with Crippen LogP contribution in [0.25, 0.3) is 0 Å². The molecule has 0 saturated carbocycles. The molecule has 1 nitrogen and oxygen atoms in total. The summed E-state index contributed by atoms with van der Waals surface area (Å²) in [6.45, 7) is 0.751. The molecule has 0 N–H and O–H groups in total. The fourth-order valence-corrected chi connectivity index (χ4v) is 1.26. The SMILES string of the molecule is CCOC(F)(CC)C(F)(C(F)(F)F)C(F)(F)F. The highest BCUT2D eigenvalue weighted by atomic mass is 19.4. The highest BCUT2D eigenvalue weighted by Crippen LogP contribution is 2.55. The highest BCUT2D eigenvalue weighted by Gasteiger charge is 2.83. The third kappa shape index (κ3) is 2.48. The zero-order valence-corrected chi connectivity index (χ0v) is 8.85. The van der Waals surface area contributed by atoms with Gasteiger partial charge in [0.15, 0.2) is 0 Å². The first-order valence-electron chi connectivity index (χ1n) is 4.52. The van der Waals surface area contributed by atoms with Crippen molar-refractivity contribution in [1.82, 2.24) is 0 Å². The Hall–Kier alpha value is -0.600. The van der Waals surface area contributed by atoms with E-state index in [-0.39, 0.29) is 0 Å². The van der Waals surface area contributed by atoms with Crippen LogP contribution in [0.3, 0.4) is 0 Å². The zero-order chi connectivity index (χ0) is 14.1. The van der Waals surface area contributed by atoms with E-state index in [1.54, 1.807) is 0 Å². The third-order valence-electron chi connectivity index (χ3n) is 2.12. The number of hydrogen-bond acceptors (Lipinski definition) is 1. The lowest BCUT2D eigenvalue weighted by atomic mass is 9.92. The number of alkyl halides is 8. The molecule has 0 aromatic heterocycles. The van der Waals surface area contributed by atoms with Crippen LogP contribution in [0.5, 0.6) is 0 Å². The second kappa shape index (κ2) is 4.58. The minimum absolute atomic E-state index is 0.626. The molecule has 0 spiro atoms. The van der Waals surface area contributed by atoms with Crippen LogP contribution in [-0.4, -0.2) is 30.5 Å². The van der Waals surface area contributed by atoms with Crippen LogP contribution in [0.1, 0.15) is 20.3 Å². The van der Waals surface area contributed by atoms with Gasteiger partial charge in [0.1, 0.15) is 0 Å². The largest absolute Gasteiger partial charge is 0.437 e. The van der Waals surface area contributed by atoms with Crippen LogP contribution in [0.15, 0.2) is 0 Å². The van der Waals surface area contributed by atoms with Gasteiger partial charge in [0.25, 0.3) is 5.85 Å². The van der Waals surface area contributed by atoms with Gasteiger partial charge in [0.2, 0.25) is 0 Å². The molecular weight excluding hydrogens is 264 g/mol. The molecule has 1 atom stereocenters. The van der Waals surface area contributed by atoms with Crippen molar-refractivity contribution in [2.24, 2.45) is 0 Å². The summed E-state index contributed by atoms with van der Waals surface area (Å²) in [4.78, 5) is 0. The van der Waals surface area contributed by atoms with Gasteiger partial charge in [-0.15, -0.1) is 0 Å². The quantitative estimate of drug-likeness (QED) is 0.706. The number of hydrogen-bond donors (Lipinski definition) is 0. The van der Waals surface area contributed by atoms with E-state index in [0.717, 1.165) is 6.92 Å². The molecule has 0 aliphatic carbocycles. The summed E-state index contributed by atoms with van der Waals surface area (Å²) in [6.07, 6.45) is -14.4. The van der Waals surface area contributed by atoms with E-state index in [2.05, 4.69) is 4.74 Å². The first-order chi connectivity index (χ1) is 7.37. The van der Waals surface area contributed by atoms with E-state index in [0.29, 0.717) is 6.92 Å². The summed E-state index contributed by atoms with van der Waals surface area (Å²) in [7, 11) is 0. The minimum atomic E-state index is -6.47. The van der Waals surface area contributed by atoms with E-state index in [9.17, 15) is 35.1 Å². The van der Waals surface area contributed by atoms with Gasteiger partial charge < -0.3 is 4.74 Å².